The highest BCUT2D eigenvalue weighted by atomic mass is 16.5. The van der Waals surface area contributed by atoms with Gasteiger partial charge in [-0.3, -0.25) is 0 Å². The van der Waals surface area contributed by atoms with E-state index >= 15 is 0 Å². The Labute approximate surface area is 92.0 Å². The molecule has 0 bridgehead atoms. The average Bonchev–Trinajstić information content (AvgIpc) is 2.66. The van der Waals surface area contributed by atoms with Gasteiger partial charge in [0, 0.05) is 25.0 Å². The maximum absolute atomic E-state index is 10.7. The molecule has 0 spiro atoms. The summed E-state index contributed by atoms with van der Waals surface area (Å²) in [5, 5.41) is 10.7. The molecular formula is C12H23NO2. The van der Waals surface area contributed by atoms with Crippen molar-refractivity contribution in [2.75, 3.05) is 19.8 Å². The fourth-order valence-electron chi connectivity index (χ4n) is 3.43. The van der Waals surface area contributed by atoms with E-state index in [4.69, 9.17) is 10.5 Å². The van der Waals surface area contributed by atoms with Gasteiger partial charge in [-0.25, -0.2) is 0 Å². The zero-order valence-electron chi connectivity index (χ0n) is 9.67. The van der Waals surface area contributed by atoms with Crippen molar-refractivity contribution in [3.8, 4) is 0 Å². The van der Waals surface area contributed by atoms with Crippen molar-refractivity contribution in [3.63, 3.8) is 0 Å². The van der Waals surface area contributed by atoms with Gasteiger partial charge < -0.3 is 15.6 Å². The molecule has 3 unspecified atom stereocenters. The second kappa shape index (κ2) is 4.04. The summed E-state index contributed by atoms with van der Waals surface area (Å²) in [6.45, 7) is 4.03. The van der Waals surface area contributed by atoms with Crippen molar-refractivity contribution in [3.05, 3.63) is 0 Å². The van der Waals surface area contributed by atoms with E-state index in [1.807, 2.05) is 0 Å². The number of rotatable bonds is 2. The lowest BCUT2D eigenvalue weighted by molar-refractivity contribution is -0.108. The number of aliphatic hydroxyl groups is 1. The standard InChI is InChI=1S/C12H23NO2/c1-10-3-2-4-11(7-10,8-13)12(14)5-6-15-9-12/h10,14H,2-9,13H2,1H3. The van der Waals surface area contributed by atoms with Crippen molar-refractivity contribution in [1.82, 2.24) is 0 Å². The summed E-state index contributed by atoms with van der Waals surface area (Å²) in [6, 6.07) is 0. The predicted molar refractivity (Wildman–Crippen MR) is 59.5 cm³/mol. The van der Waals surface area contributed by atoms with Crippen molar-refractivity contribution < 1.29 is 9.84 Å². The van der Waals surface area contributed by atoms with E-state index in [1.54, 1.807) is 0 Å². The van der Waals surface area contributed by atoms with Crippen LogP contribution in [0, 0.1) is 11.3 Å². The van der Waals surface area contributed by atoms with E-state index in [-0.39, 0.29) is 5.41 Å². The summed E-state index contributed by atoms with van der Waals surface area (Å²) in [5.74, 6) is 0.687. The second-order valence-electron chi connectivity index (χ2n) is 5.52. The summed E-state index contributed by atoms with van der Waals surface area (Å²) in [6.07, 6.45) is 5.35. The Kier molecular flexibility index (Phi) is 3.06. The van der Waals surface area contributed by atoms with E-state index in [2.05, 4.69) is 6.92 Å². The third kappa shape index (κ3) is 1.81. The van der Waals surface area contributed by atoms with Gasteiger partial charge in [0.15, 0.2) is 0 Å². The van der Waals surface area contributed by atoms with Crippen LogP contribution in [0.3, 0.4) is 0 Å². The molecule has 0 aromatic rings. The van der Waals surface area contributed by atoms with E-state index in [9.17, 15) is 5.11 Å². The average molecular weight is 213 g/mol. The Balaban J connectivity index is 2.19. The summed E-state index contributed by atoms with van der Waals surface area (Å²) < 4.78 is 5.37. The molecule has 1 saturated heterocycles. The first-order chi connectivity index (χ1) is 7.12. The lowest BCUT2D eigenvalue weighted by Gasteiger charge is -2.48. The van der Waals surface area contributed by atoms with Gasteiger partial charge in [-0.15, -0.1) is 0 Å². The number of hydrogen-bond donors (Lipinski definition) is 2. The minimum Gasteiger partial charge on any atom is -0.387 e. The molecule has 15 heavy (non-hydrogen) atoms. The van der Waals surface area contributed by atoms with Gasteiger partial charge in [-0.2, -0.15) is 0 Å². The smallest absolute Gasteiger partial charge is 0.0969 e. The maximum atomic E-state index is 10.7. The van der Waals surface area contributed by atoms with Crippen LogP contribution < -0.4 is 5.73 Å². The summed E-state index contributed by atoms with van der Waals surface area (Å²) in [5.41, 5.74) is 5.21. The van der Waals surface area contributed by atoms with Crippen LogP contribution in [0.1, 0.15) is 39.0 Å². The van der Waals surface area contributed by atoms with E-state index < -0.39 is 5.60 Å². The Morgan fingerprint density at radius 2 is 2.27 bits per heavy atom. The topological polar surface area (TPSA) is 55.5 Å². The van der Waals surface area contributed by atoms with Gasteiger partial charge in [-0.05, 0) is 18.8 Å². The van der Waals surface area contributed by atoms with Crippen molar-refractivity contribution in [2.24, 2.45) is 17.1 Å². The van der Waals surface area contributed by atoms with Gasteiger partial charge >= 0.3 is 0 Å². The molecule has 2 aliphatic rings. The van der Waals surface area contributed by atoms with Gasteiger partial charge in [-0.1, -0.05) is 19.8 Å². The second-order valence-corrected chi connectivity index (χ2v) is 5.52. The summed E-state index contributed by atoms with van der Waals surface area (Å²) in [7, 11) is 0. The first-order valence-corrected chi connectivity index (χ1v) is 6.12. The largest absolute Gasteiger partial charge is 0.387 e. The number of hydrogen-bond acceptors (Lipinski definition) is 3. The van der Waals surface area contributed by atoms with Crippen molar-refractivity contribution in [1.29, 1.82) is 0 Å². The fourth-order valence-corrected chi connectivity index (χ4v) is 3.43. The van der Waals surface area contributed by atoms with Crippen LogP contribution in [0.5, 0.6) is 0 Å². The molecule has 2 rings (SSSR count). The molecule has 1 aliphatic carbocycles. The number of nitrogens with two attached hydrogens (primary N) is 1. The first-order valence-electron chi connectivity index (χ1n) is 6.12. The molecule has 88 valence electrons. The van der Waals surface area contributed by atoms with E-state index in [1.165, 1.54) is 12.8 Å². The molecule has 0 amide bonds. The van der Waals surface area contributed by atoms with Crippen LogP contribution in [0.4, 0.5) is 0 Å². The first kappa shape index (κ1) is 11.4. The number of ether oxygens (including phenoxy) is 1. The highest BCUT2D eigenvalue weighted by Crippen LogP contribution is 2.49. The zero-order valence-corrected chi connectivity index (χ0v) is 9.67. The van der Waals surface area contributed by atoms with Crippen molar-refractivity contribution >= 4 is 0 Å². The van der Waals surface area contributed by atoms with Crippen LogP contribution in [-0.2, 0) is 4.74 Å². The minimum atomic E-state index is -0.656. The lowest BCUT2D eigenvalue weighted by Crippen LogP contribution is -2.55. The van der Waals surface area contributed by atoms with Gasteiger partial charge in [0.05, 0.1) is 12.2 Å². The lowest BCUT2D eigenvalue weighted by atomic mass is 9.60. The normalized spacial score (nSPS) is 47.0. The highest BCUT2D eigenvalue weighted by molar-refractivity contribution is 5.03. The Hall–Kier alpha value is -0.120. The quantitative estimate of drug-likeness (QED) is 0.727. The zero-order chi connectivity index (χ0) is 10.9. The van der Waals surface area contributed by atoms with Gasteiger partial charge in [0.2, 0.25) is 0 Å². The maximum Gasteiger partial charge on any atom is 0.0969 e. The Morgan fingerprint density at radius 3 is 2.80 bits per heavy atom. The molecule has 1 heterocycles. The molecule has 0 aromatic heterocycles. The molecule has 3 atom stereocenters. The summed E-state index contributed by atoms with van der Waals surface area (Å²) in [4.78, 5) is 0. The molecular weight excluding hydrogens is 190 g/mol. The molecule has 3 N–H and O–H groups in total. The molecule has 3 nitrogen and oxygen atoms in total. The fraction of sp³-hybridized carbons (Fsp3) is 1.00. The molecule has 0 radical (unpaired) electrons. The molecule has 1 saturated carbocycles. The van der Waals surface area contributed by atoms with Crippen molar-refractivity contribution in [2.45, 2.75) is 44.6 Å². The van der Waals surface area contributed by atoms with E-state index in [0.29, 0.717) is 25.7 Å². The van der Waals surface area contributed by atoms with Crippen LogP contribution >= 0.6 is 0 Å². The SMILES string of the molecule is CC1CCCC(CN)(C2(O)CCOC2)C1. The molecule has 2 fully saturated rings. The van der Waals surface area contributed by atoms with E-state index in [0.717, 1.165) is 19.3 Å². The molecule has 1 aliphatic heterocycles. The third-order valence-electron chi connectivity index (χ3n) is 4.47. The summed E-state index contributed by atoms with van der Waals surface area (Å²) >= 11 is 0. The minimum absolute atomic E-state index is 0.0822. The van der Waals surface area contributed by atoms with Crippen LogP contribution in [0.25, 0.3) is 0 Å². The van der Waals surface area contributed by atoms with Crippen LogP contribution in [0.2, 0.25) is 0 Å². The highest BCUT2D eigenvalue weighted by Gasteiger charge is 2.52. The van der Waals surface area contributed by atoms with Gasteiger partial charge in [0.1, 0.15) is 0 Å². The predicted octanol–water partition coefficient (Wildman–Crippen LogP) is 1.29. The monoisotopic (exact) mass is 213 g/mol. The Bertz CT molecular complexity index is 226. The molecule has 0 aromatic carbocycles. The van der Waals surface area contributed by atoms with Crippen LogP contribution in [0.15, 0.2) is 0 Å². The van der Waals surface area contributed by atoms with Crippen LogP contribution in [-0.4, -0.2) is 30.5 Å². The Morgan fingerprint density at radius 1 is 1.47 bits per heavy atom. The molecule has 3 heteroatoms. The third-order valence-corrected chi connectivity index (χ3v) is 4.47. The van der Waals surface area contributed by atoms with Gasteiger partial charge in [0.25, 0.3) is 0 Å².